The number of hydrogen-bond donors (Lipinski definition) is 0. The Kier molecular flexibility index (Phi) is 2.96. The van der Waals surface area contributed by atoms with E-state index in [1.54, 1.807) is 11.1 Å². The minimum absolute atomic E-state index is 0.858. The Bertz CT molecular complexity index is 385. The summed E-state index contributed by atoms with van der Waals surface area (Å²) in [6, 6.07) is 5.68. The zero-order valence-electron chi connectivity index (χ0n) is 11.1. The second-order valence-corrected chi connectivity index (χ2v) is 5.90. The monoisotopic (exact) mass is 229 g/mol. The fraction of sp³-hybridized carbons (Fsp3) is 0.625. The molecule has 3 rings (SSSR count). The minimum Gasteiger partial charge on any atom is -0.292 e. The molecule has 1 aliphatic heterocycles. The molecule has 1 aliphatic carbocycles. The molecule has 0 saturated heterocycles. The Morgan fingerprint density at radius 2 is 1.41 bits per heavy atom. The van der Waals surface area contributed by atoms with Crippen LogP contribution in [0.2, 0.25) is 0 Å². The Balaban J connectivity index is 1.78. The van der Waals surface area contributed by atoms with Crippen LogP contribution in [0.5, 0.6) is 0 Å². The molecule has 1 saturated carbocycles. The maximum atomic E-state index is 2.71. The van der Waals surface area contributed by atoms with E-state index in [9.17, 15) is 0 Å². The second kappa shape index (κ2) is 4.45. The standard InChI is InChI=1S/C16H23N/c1-12-8-14-10-17(11-15(14)9-13(12)2)16-6-4-3-5-7-16/h8-9,16H,3-7,10-11H2,1-2H3. The van der Waals surface area contributed by atoms with E-state index in [1.807, 2.05) is 0 Å². The van der Waals surface area contributed by atoms with Gasteiger partial charge in [0.2, 0.25) is 0 Å². The van der Waals surface area contributed by atoms with Gasteiger partial charge in [-0.15, -0.1) is 0 Å². The van der Waals surface area contributed by atoms with Crippen LogP contribution >= 0.6 is 0 Å². The van der Waals surface area contributed by atoms with Crippen LogP contribution < -0.4 is 0 Å². The van der Waals surface area contributed by atoms with Gasteiger partial charge in [-0.05, 0) is 48.9 Å². The molecule has 0 N–H and O–H groups in total. The number of benzene rings is 1. The predicted molar refractivity (Wildman–Crippen MR) is 72.0 cm³/mol. The normalized spacial score (nSPS) is 21.8. The summed E-state index contributed by atoms with van der Waals surface area (Å²) in [7, 11) is 0. The lowest BCUT2D eigenvalue weighted by Gasteiger charge is -2.30. The quantitative estimate of drug-likeness (QED) is 0.704. The molecule has 1 heteroatoms. The van der Waals surface area contributed by atoms with Crippen molar-refractivity contribution in [3.8, 4) is 0 Å². The number of nitrogens with zero attached hydrogens (tertiary/aromatic N) is 1. The van der Waals surface area contributed by atoms with Gasteiger partial charge >= 0.3 is 0 Å². The Labute approximate surface area is 105 Å². The average Bonchev–Trinajstić information content (AvgIpc) is 2.74. The van der Waals surface area contributed by atoms with Gasteiger partial charge in [-0.3, -0.25) is 4.90 Å². The molecular weight excluding hydrogens is 206 g/mol. The molecule has 1 aromatic carbocycles. The molecule has 2 aliphatic rings. The molecule has 0 spiro atoms. The van der Waals surface area contributed by atoms with E-state index in [4.69, 9.17) is 0 Å². The highest BCUT2D eigenvalue weighted by Gasteiger charge is 2.27. The lowest BCUT2D eigenvalue weighted by atomic mass is 9.94. The molecule has 1 aromatic rings. The average molecular weight is 229 g/mol. The molecule has 0 radical (unpaired) electrons. The van der Waals surface area contributed by atoms with Crippen molar-refractivity contribution in [1.29, 1.82) is 0 Å². The second-order valence-electron chi connectivity index (χ2n) is 5.90. The van der Waals surface area contributed by atoms with Gasteiger partial charge in [0.05, 0.1) is 0 Å². The van der Waals surface area contributed by atoms with Gasteiger partial charge < -0.3 is 0 Å². The first-order valence-corrected chi connectivity index (χ1v) is 7.07. The fourth-order valence-corrected chi connectivity index (χ4v) is 3.43. The van der Waals surface area contributed by atoms with Gasteiger partial charge in [-0.25, -0.2) is 0 Å². The molecule has 17 heavy (non-hydrogen) atoms. The SMILES string of the molecule is Cc1cc2c(cc1C)CN(C1CCCCC1)C2. The van der Waals surface area contributed by atoms with Crippen molar-refractivity contribution in [2.45, 2.75) is 65.1 Å². The topological polar surface area (TPSA) is 3.24 Å². The Morgan fingerprint density at radius 3 is 1.94 bits per heavy atom. The molecule has 1 nitrogen and oxygen atoms in total. The van der Waals surface area contributed by atoms with Gasteiger partial charge in [0.15, 0.2) is 0 Å². The van der Waals surface area contributed by atoms with Crippen LogP contribution in [0.3, 0.4) is 0 Å². The van der Waals surface area contributed by atoms with Gasteiger partial charge in [-0.2, -0.15) is 0 Å². The van der Waals surface area contributed by atoms with E-state index in [1.165, 1.54) is 56.3 Å². The van der Waals surface area contributed by atoms with Crippen LogP contribution in [0, 0.1) is 13.8 Å². The van der Waals surface area contributed by atoms with Crippen LogP contribution in [0.4, 0.5) is 0 Å². The first kappa shape index (κ1) is 11.3. The summed E-state index contributed by atoms with van der Waals surface area (Å²) in [5.41, 5.74) is 6.07. The molecule has 92 valence electrons. The number of fused-ring (bicyclic) bond motifs is 1. The van der Waals surface area contributed by atoms with E-state index < -0.39 is 0 Å². The summed E-state index contributed by atoms with van der Waals surface area (Å²) < 4.78 is 0. The van der Waals surface area contributed by atoms with Crippen molar-refractivity contribution >= 4 is 0 Å². The summed E-state index contributed by atoms with van der Waals surface area (Å²) in [4.78, 5) is 2.71. The first-order chi connectivity index (χ1) is 8.24. The van der Waals surface area contributed by atoms with Crippen molar-refractivity contribution in [2.24, 2.45) is 0 Å². The van der Waals surface area contributed by atoms with E-state index in [0.29, 0.717) is 0 Å². The molecule has 1 heterocycles. The number of aryl methyl sites for hydroxylation is 2. The maximum Gasteiger partial charge on any atom is 0.0243 e. The molecule has 0 atom stereocenters. The molecular formula is C16H23N. The predicted octanol–water partition coefficient (Wildman–Crippen LogP) is 3.95. The smallest absolute Gasteiger partial charge is 0.0243 e. The third-order valence-electron chi connectivity index (χ3n) is 4.65. The molecule has 1 fully saturated rings. The summed E-state index contributed by atoms with van der Waals surface area (Å²) in [6.07, 6.45) is 7.18. The third-order valence-corrected chi connectivity index (χ3v) is 4.65. The van der Waals surface area contributed by atoms with Gasteiger partial charge in [0, 0.05) is 19.1 Å². The van der Waals surface area contributed by atoms with Crippen LogP contribution in [0.25, 0.3) is 0 Å². The summed E-state index contributed by atoms with van der Waals surface area (Å²) in [5.74, 6) is 0. The van der Waals surface area contributed by atoms with Gasteiger partial charge in [0.25, 0.3) is 0 Å². The van der Waals surface area contributed by atoms with Crippen LogP contribution in [-0.4, -0.2) is 10.9 Å². The summed E-state index contributed by atoms with van der Waals surface area (Å²) >= 11 is 0. The van der Waals surface area contributed by atoms with E-state index >= 15 is 0 Å². The van der Waals surface area contributed by atoms with E-state index in [2.05, 4.69) is 30.9 Å². The van der Waals surface area contributed by atoms with Crippen LogP contribution in [-0.2, 0) is 13.1 Å². The Hall–Kier alpha value is -0.820. The molecule has 0 amide bonds. The van der Waals surface area contributed by atoms with E-state index in [0.717, 1.165) is 6.04 Å². The van der Waals surface area contributed by atoms with Crippen molar-refractivity contribution < 1.29 is 0 Å². The largest absolute Gasteiger partial charge is 0.292 e. The van der Waals surface area contributed by atoms with Crippen molar-refractivity contribution in [3.05, 3.63) is 34.4 Å². The number of rotatable bonds is 1. The van der Waals surface area contributed by atoms with Gasteiger partial charge in [0.1, 0.15) is 0 Å². The minimum atomic E-state index is 0.858. The molecule has 0 aromatic heterocycles. The van der Waals surface area contributed by atoms with Crippen LogP contribution in [0.1, 0.15) is 54.4 Å². The van der Waals surface area contributed by atoms with Gasteiger partial charge in [-0.1, -0.05) is 31.4 Å². The summed E-state index contributed by atoms with van der Waals surface area (Å²) in [5, 5.41) is 0. The maximum absolute atomic E-state index is 2.71. The highest BCUT2D eigenvalue weighted by atomic mass is 15.2. The van der Waals surface area contributed by atoms with Crippen molar-refractivity contribution in [2.75, 3.05) is 0 Å². The third kappa shape index (κ3) is 2.13. The molecule has 0 bridgehead atoms. The number of hydrogen-bond acceptors (Lipinski definition) is 1. The van der Waals surface area contributed by atoms with Crippen LogP contribution in [0.15, 0.2) is 12.1 Å². The summed E-state index contributed by atoms with van der Waals surface area (Å²) in [6.45, 7) is 6.86. The highest BCUT2D eigenvalue weighted by molar-refractivity contribution is 5.39. The highest BCUT2D eigenvalue weighted by Crippen LogP contribution is 2.32. The first-order valence-electron chi connectivity index (χ1n) is 7.07. The molecule has 0 unspecified atom stereocenters. The zero-order chi connectivity index (χ0) is 11.8. The lowest BCUT2D eigenvalue weighted by Crippen LogP contribution is -2.32. The van der Waals surface area contributed by atoms with E-state index in [-0.39, 0.29) is 0 Å². The lowest BCUT2D eigenvalue weighted by molar-refractivity contribution is 0.156. The van der Waals surface area contributed by atoms with Crippen molar-refractivity contribution in [1.82, 2.24) is 4.90 Å². The Morgan fingerprint density at radius 1 is 0.882 bits per heavy atom. The van der Waals surface area contributed by atoms with Crippen molar-refractivity contribution in [3.63, 3.8) is 0 Å². The zero-order valence-corrected chi connectivity index (χ0v) is 11.1. The fourth-order valence-electron chi connectivity index (χ4n) is 3.43.